The number of aryl methyl sites for hydroxylation is 1. The van der Waals surface area contributed by atoms with E-state index in [0.717, 1.165) is 40.9 Å². The fraction of sp³-hybridized carbons (Fsp3) is 0.318. The number of imidazole rings is 1. The minimum absolute atomic E-state index is 0.137. The summed E-state index contributed by atoms with van der Waals surface area (Å²) in [5.41, 5.74) is 4.35. The SMILES string of the molecule is CN1CCCC[C@@H]1c1cn2cc(NC(=O)c3ccc4c(cnn4C)c3)ccc2n1. The standard InChI is InChI=1S/C22H24N6O/c1-26-10-4-3-5-20(26)18-14-28-13-17(7-9-21(28)25-18)24-22(29)15-6-8-19-16(11-15)12-23-27(19)2/h6-9,11-14,20H,3-5,10H2,1-2H3,(H,24,29)/t20-/m1/s1. The van der Waals surface area contributed by atoms with Crippen molar-refractivity contribution in [3.05, 3.63) is 60.2 Å². The average molecular weight is 388 g/mol. The molecule has 0 unspecified atom stereocenters. The summed E-state index contributed by atoms with van der Waals surface area (Å²) >= 11 is 0. The van der Waals surface area contributed by atoms with Gasteiger partial charge >= 0.3 is 0 Å². The highest BCUT2D eigenvalue weighted by Crippen LogP contribution is 2.29. The van der Waals surface area contributed by atoms with Gasteiger partial charge in [-0.1, -0.05) is 6.42 Å². The summed E-state index contributed by atoms with van der Waals surface area (Å²) in [6.07, 6.45) is 9.41. The number of nitrogens with one attached hydrogen (secondary N) is 1. The highest BCUT2D eigenvalue weighted by molar-refractivity contribution is 6.06. The van der Waals surface area contributed by atoms with Crippen molar-refractivity contribution in [2.75, 3.05) is 18.9 Å². The van der Waals surface area contributed by atoms with E-state index in [1.165, 1.54) is 12.8 Å². The summed E-state index contributed by atoms with van der Waals surface area (Å²) < 4.78 is 3.79. The molecule has 0 aliphatic carbocycles. The third-order valence-electron chi connectivity index (χ3n) is 5.85. The van der Waals surface area contributed by atoms with Crippen molar-refractivity contribution in [1.82, 2.24) is 24.1 Å². The van der Waals surface area contributed by atoms with Crippen molar-refractivity contribution >= 4 is 28.1 Å². The Morgan fingerprint density at radius 1 is 1.14 bits per heavy atom. The highest BCUT2D eigenvalue weighted by Gasteiger charge is 2.23. The van der Waals surface area contributed by atoms with Crippen molar-refractivity contribution in [2.45, 2.75) is 25.3 Å². The molecule has 7 heteroatoms. The van der Waals surface area contributed by atoms with E-state index in [1.54, 1.807) is 10.9 Å². The molecular weight excluding hydrogens is 364 g/mol. The van der Waals surface area contributed by atoms with Crippen LogP contribution in [0, 0.1) is 0 Å². The molecule has 4 heterocycles. The van der Waals surface area contributed by atoms with Crippen LogP contribution in [-0.4, -0.2) is 43.6 Å². The van der Waals surface area contributed by atoms with Crippen LogP contribution in [0.3, 0.4) is 0 Å². The number of anilines is 1. The van der Waals surface area contributed by atoms with Crippen molar-refractivity contribution in [3.63, 3.8) is 0 Å². The summed E-state index contributed by atoms with van der Waals surface area (Å²) in [4.78, 5) is 19.9. The number of piperidine rings is 1. The lowest BCUT2D eigenvalue weighted by Crippen LogP contribution is -2.29. The molecule has 1 amide bonds. The molecule has 1 aliphatic heterocycles. The number of hydrogen-bond acceptors (Lipinski definition) is 4. The molecule has 148 valence electrons. The molecule has 7 nitrogen and oxygen atoms in total. The Hall–Kier alpha value is -3.19. The molecule has 4 aromatic rings. The van der Waals surface area contributed by atoms with Crippen molar-refractivity contribution in [3.8, 4) is 0 Å². The van der Waals surface area contributed by atoms with Crippen molar-refractivity contribution in [2.24, 2.45) is 7.05 Å². The lowest BCUT2D eigenvalue weighted by Gasteiger charge is -2.31. The van der Waals surface area contributed by atoms with Crippen LogP contribution in [0.25, 0.3) is 16.6 Å². The number of benzene rings is 1. The molecule has 29 heavy (non-hydrogen) atoms. The molecule has 1 aromatic carbocycles. The maximum Gasteiger partial charge on any atom is 0.255 e. The molecule has 1 N–H and O–H groups in total. The number of fused-ring (bicyclic) bond motifs is 2. The lowest BCUT2D eigenvalue weighted by molar-refractivity contribution is 0.102. The van der Waals surface area contributed by atoms with Crippen LogP contribution < -0.4 is 5.32 Å². The molecule has 1 saturated heterocycles. The number of likely N-dealkylation sites (tertiary alicyclic amines) is 1. The largest absolute Gasteiger partial charge is 0.321 e. The summed E-state index contributed by atoms with van der Waals surface area (Å²) in [6.45, 7) is 1.11. The molecule has 3 aromatic heterocycles. The second-order valence-electron chi connectivity index (χ2n) is 7.84. The van der Waals surface area contributed by atoms with Gasteiger partial charge in [0.25, 0.3) is 5.91 Å². The van der Waals surface area contributed by atoms with Crippen LogP contribution in [0.1, 0.15) is 41.4 Å². The summed E-state index contributed by atoms with van der Waals surface area (Å²) in [7, 11) is 4.06. The Labute approximate surface area is 169 Å². The molecule has 0 radical (unpaired) electrons. The first-order valence-corrected chi connectivity index (χ1v) is 10.0. The maximum absolute atomic E-state index is 12.7. The second kappa shape index (κ2) is 7.00. The van der Waals surface area contributed by atoms with Gasteiger partial charge in [0.05, 0.1) is 29.1 Å². The van der Waals surface area contributed by atoms with Gasteiger partial charge in [0.15, 0.2) is 0 Å². The number of hydrogen-bond donors (Lipinski definition) is 1. The maximum atomic E-state index is 12.7. The number of nitrogens with zero attached hydrogens (tertiary/aromatic N) is 5. The minimum Gasteiger partial charge on any atom is -0.321 e. The van der Waals surface area contributed by atoms with Crippen LogP contribution >= 0.6 is 0 Å². The number of carbonyl (C=O) groups is 1. The topological polar surface area (TPSA) is 67.5 Å². The van der Waals surface area contributed by atoms with Crippen molar-refractivity contribution < 1.29 is 4.79 Å². The molecular formula is C22H24N6O. The molecule has 1 atom stereocenters. The molecule has 0 bridgehead atoms. The second-order valence-corrected chi connectivity index (χ2v) is 7.84. The average Bonchev–Trinajstić information content (AvgIpc) is 3.31. The van der Waals surface area contributed by atoms with E-state index in [9.17, 15) is 4.79 Å². The number of amides is 1. The smallest absolute Gasteiger partial charge is 0.255 e. The summed E-state index contributed by atoms with van der Waals surface area (Å²) in [6, 6.07) is 9.83. The van der Waals surface area contributed by atoms with E-state index in [0.29, 0.717) is 11.6 Å². The van der Waals surface area contributed by atoms with Crippen LogP contribution in [0.2, 0.25) is 0 Å². The van der Waals surface area contributed by atoms with Gasteiger partial charge in [0, 0.05) is 30.4 Å². The third-order valence-corrected chi connectivity index (χ3v) is 5.85. The number of pyridine rings is 1. The summed E-state index contributed by atoms with van der Waals surface area (Å²) in [5.74, 6) is -0.137. The van der Waals surface area contributed by atoms with Crippen LogP contribution in [-0.2, 0) is 7.05 Å². The fourth-order valence-corrected chi connectivity index (χ4v) is 4.20. The van der Waals surface area contributed by atoms with E-state index in [1.807, 2.05) is 48.0 Å². The predicted molar refractivity (Wildman–Crippen MR) is 113 cm³/mol. The van der Waals surface area contributed by atoms with E-state index in [-0.39, 0.29) is 5.91 Å². The Kier molecular flexibility index (Phi) is 4.32. The van der Waals surface area contributed by atoms with Crippen LogP contribution in [0.15, 0.2) is 48.9 Å². The number of rotatable bonds is 3. The monoisotopic (exact) mass is 388 g/mol. The Balaban J connectivity index is 1.38. The quantitative estimate of drug-likeness (QED) is 0.582. The molecule has 0 spiro atoms. The van der Waals surface area contributed by atoms with Gasteiger partial charge in [-0.25, -0.2) is 4.98 Å². The Bertz CT molecular complexity index is 1210. The molecule has 5 rings (SSSR count). The van der Waals surface area contributed by atoms with Gasteiger partial charge in [0.2, 0.25) is 0 Å². The Morgan fingerprint density at radius 3 is 2.90 bits per heavy atom. The first-order valence-electron chi connectivity index (χ1n) is 10.0. The first-order chi connectivity index (χ1) is 14.1. The van der Waals surface area contributed by atoms with E-state index >= 15 is 0 Å². The first kappa shape index (κ1) is 17.9. The van der Waals surface area contributed by atoms with E-state index in [4.69, 9.17) is 4.98 Å². The normalized spacial score (nSPS) is 17.8. The zero-order valence-electron chi connectivity index (χ0n) is 16.7. The summed E-state index contributed by atoms with van der Waals surface area (Å²) in [5, 5.41) is 8.18. The number of aromatic nitrogens is 4. The van der Waals surface area contributed by atoms with Crippen LogP contribution in [0.4, 0.5) is 5.69 Å². The molecule has 1 aliphatic rings. The fourth-order valence-electron chi connectivity index (χ4n) is 4.20. The molecule has 1 fully saturated rings. The lowest BCUT2D eigenvalue weighted by atomic mass is 10.0. The highest BCUT2D eigenvalue weighted by atomic mass is 16.1. The minimum atomic E-state index is -0.137. The van der Waals surface area contributed by atoms with E-state index < -0.39 is 0 Å². The van der Waals surface area contributed by atoms with Gasteiger partial charge in [-0.05, 0) is 56.8 Å². The zero-order valence-corrected chi connectivity index (χ0v) is 16.7. The van der Waals surface area contributed by atoms with Crippen molar-refractivity contribution in [1.29, 1.82) is 0 Å². The van der Waals surface area contributed by atoms with Gasteiger partial charge in [-0.3, -0.25) is 14.4 Å². The number of carbonyl (C=O) groups excluding carboxylic acids is 1. The molecule has 0 saturated carbocycles. The van der Waals surface area contributed by atoms with Gasteiger partial charge in [-0.2, -0.15) is 5.10 Å². The van der Waals surface area contributed by atoms with Gasteiger partial charge in [0.1, 0.15) is 5.65 Å². The van der Waals surface area contributed by atoms with Gasteiger partial charge < -0.3 is 9.72 Å². The predicted octanol–water partition coefficient (Wildman–Crippen LogP) is 3.63. The van der Waals surface area contributed by atoms with Crippen LogP contribution in [0.5, 0.6) is 0 Å². The zero-order chi connectivity index (χ0) is 20.0. The van der Waals surface area contributed by atoms with Gasteiger partial charge in [-0.15, -0.1) is 0 Å². The Morgan fingerprint density at radius 2 is 2.03 bits per heavy atom. The van der Waals surface area contributed by atoms with E-state index in [2.05, 4.69) is 28.6 Å². The third kappa shape index (κ3) is 3.27.